The Labute approximate surface area is 167 Å². The van der Waals surface area contributed by atoms with E-state index < -0.39 is 5.97 Å². The summed E-state index contributed by atoms with van der Waals surface area (Å²) in [6.07, 6.45) is 0.916. The number of anilines is 1. The maximum absolute atomic E-state index is 12.1. The molecule has 2 aromatic heterocycles. The third-order valence-corrected chi connectivity index (χ3v) is 3.54. The molecule has 2 rings (SSSR count). The number of pyridine rings is 1. The van der Waals surface area contributed by atoms with Crippen molar-refractivity contribution in [3.8, 4) is 23.5 Å². The Hall–Kier alpha value is -3.21. The van der Waals surface area contributed by atoms with Gasteiger partial charge in [-0.1, -0.05) is 6.92 Å². The van der Waals surface area contributed by atoms with Crippen molar-refractivity contribution in [1.29, 1.82) is 0 Å². The van der Waals surface area contributed by atoms with E-state index in [9.17, 15) is 4.79 Å². The monoisotopic (exact) mass is 407 g/mol. The smallest absolute Gasteiger partial charge is 0.360 e. The lowest BCUT2D eigenvalue weighted by Gasteiger charge is -2.13. The van der Waals surface area contributed by atoms with Gasteiger partial charge in [0.05, 0.1) is 27.4 Å². The molecule has 0 aliphatic heterocycles. The summed E-state index contributed by atoms with van der Waals surface area (Å²) in [5.74, 6) is 0.228. The molecule has 2 aromatic rings. The molecule has 10 nitrogen and oxygen atoms in total. The summed E-state index contributed by atoms with van der Waals surface area (Å²) < 4.78 is 20.6. The number of methoxy groups -OCH3 is 3. The van der Waals surface area contributed by atoms with Crippen molar-refractivity contribution in [3.05, 3.63) is 23.9 Å². The summed E-state index contributed by atoms with van der Waals surface area (Å²) in [5, 5.41) is 6.30. The number of carbonyl (C=O) groups is 1. The first-order valence-electron chi connectivity index (χ1n) is 8.29. The van der Waals surface area contributed by atoms with Crippen LogP contribution in [0.4, 0.5) is 5.82 Å². The zero-order valence-electron chi connectivity index (χ0n) is 15.9. The second-order valence-electron chi connectivity index (χ2n) is 5.25. The third kappa shape index (κ3) is 5.64. The average Bonchev–Trinajstić information content (AvgIpc) is 2.72. The molecule has 0 saturated heterocycles. The van der Waals surface area contributed by atoms with Crippen LogP contribution in [0.2, 0.25) is 0 Å². The second kappa shape index (κ2) is 10.2. The number of esters is 1. The zero-order chi connectivity index (χ0) is 20.5. The molecule has 2 N–H and O–H groups in total. The van der Waals surface area contributed by atoms with Crippen molar-refractivity contribution in [1.82, 2.24) is 20.3 Å². The minimum absolute atomic E-state index is 0.0730. The van der Waals surface area contributed by atoms with Gasteiger partial charge in [0.25, 0.3) is 0 Å². The van der Waals surface area contributed by atoms with Gasteiger partial charge in [0.1, 0.15) is 5.82 Å². The van der Waals surface area contributed by atoms with Gasteiger partial charge in [-0.15, -0.1) is 0 Å². The Balaban J connectivity index is 2.31. The Morgan fingerprint density at radius 3 is 2.36 bits per heavy atom. The molecule has 150 valence electrons. The lowest BCUT2D eigenvalue weighted by atomic mass is 10.3. The first-order valence-corrected chi connectivity index (χ1v) is 8.70. The van der Waals surface area contributed by atoms with Crippen LogP contribution >= 0.6 is 12.2 Å². The molecule has 0 bridgehead atoms. The maximum Gasteiger partial charge on any atom is 0.360 e. The quantitative estimate of drug-likeness (QED) is 0.495. The van der Waals surface area contributed by atoms with Crippen molar-refractivity contribution in [2.24, 2.45) is 0 Å². The highest BCUT2D eigenvalue weighted by atomic mass is 32.1. The Morgan fingerprint density at radius 1 is 1.11 bits per heavy atom. The predicted octanol–water partition coefficient (Wildman–Crippen LogP) is 2.16. The van der Waals surface area contributed by atoms with Gasteiger partial charge in [-0.05, 0) is 30.8 Å². The molecule has 0 aliphatic rings. The lowest BCUT2D eigenvalue weighted by molar-refractivity contribution is 0.0591. The van der Waals surface area contributed by atoms with Crippen molar-refractivity contribution in [2.75, 3.05) is 33.2 Å². The molecule has 28 heavy (non-hydrogen) atoms. The summed E-state index contributed by atoms with van der Waals surface area (Å²) in [4.78, 5) is 24.5. The molecular weight excluding hydrogens is 386 g/mol. The van der Waals surface area contributed by atoms with Gasteiger partial charge in [0.15, 0.2) is 16.6 Å². The number of rotatable bonds is 8. The van der Waals surface area contributed by atoms with Gasteiger partial charge in [-0.2, -0.15) is 9.97 Å². The Kier molecular flexibility index (Phi) is 7.69. The Morgan fingerprint density at radius 2 is 1.79 bits per heavy atom. The van der Waals surface area contributed by atoms with E-state index in [2.05, 4.69) is 25.6 Å². The summed E-state index contributed by atoms with van der Waals surface area (Å²) in [6, 6.07) is 4.53. The molecule has 0 spiro atoms. The standard InChI is InChI=1S/C17H21N5O5S/c1-5-8-18-17(28)20-11-7-6-10(14(19-11)15(23)26-4)27-16-21-12(24-2)9-13(22-16)25-3/h6-7,9H,5,8H2,1-4H3,(H2,18,19,20,28). The highest BCUT2D eigenvalue weighted by molar-refractivity contribution is 7.80. The summed E-state index contributed by atoms with van der Waals surface area (Å²) in [6.45, 7) is 2.73. The Bertz CT molecular complexity index is 826. The topological polar surface area (TPSA) is 117 Å². The van der Waals surface area contributed by atoms with Crippen LogP contribution in [0.3, 0.4) is 0 Å². The highest BCUT2D eigenvalue weighted by Crippen LogP contribution is 2.27. The predicted molar refractivity (Wildman–Crippen MR) is 105 cm³/mol. The van der Waals surface area contributed by atoms with Crippen LogP contribution in [-0.4, -0.2) is 53.9 Å². The van der Waals surface area contributed by atoms with Crippen LogP contribution < -0.4 is 24.8 Å². The van der Waals surface area contributed by atoms with Gasteiger partial charge < -0.3 is 29.6 Å². The van der Waals surface area contributed by atoms with E-state index in [1.165, 1.54) is 33.5 Å². The summed E-state index contributed by atoms with van der Waals surface area (Å²) >= 11 is 5.17. The molecule has 0 fully saturated rings. The highest BCUT2D eigenvalue weighted by Gasteiger charge is 2.19. The number of nitrogens with one attached hydrogen (secondary N) is 2. The number of hydrogen-bond donors (Lipinski definition) is 2. The van der Waals surface area contributed by atoms with E-state index >= 15 is 0 Å². The van der Waals surface area contributed by atoms with Gasteiger partial charge in [0, 0.05) is 6.54 Å². The molecular formula is C17H21N5O5S. The normalized spacial score (nSPS) is 10.0. The molecule has 0 amide bonds. The number of carbonyl (C=O) groups excluding carboxylic acids is 1. The zero-order valence-corrected chi connectivity index (χ0v) is 16.8. The van der Waals surface area contributed by atoms with Crippen LogP contribution in [0.15, 0.2) is 18.2 Å². The lowest BCUT2D eigenvalue weighted by Crippen LogP contribution is -2.29. The third-order valence-electron chi connectivity index (χ3n) is 3.29. The number of thiocarbonyl (C=S) groups is 1. The average molecular weight is 407 g/mol. The van der Waals surface area contributed by atoms with E-state index in [1.807, 2.05) is 6.92 Å². The van der Waals surface area contributed by atoms with Crippen LogP contribution in [0, 0.1) is 0 Å². The number of nitrogens with zero attached hydrogens (tertiary/aromatic N) is 3. The summed E-state index contributed by atoms with van der Waals surface area (Å²) in [5.41, 5.74) is -0.0730. The number of ether oxygens (including phenoxy) is 4. The van der Waals surface area contributed by atoms with Crippen molar-refractivity contribution in [3.63, 3.8) is 0 Å². The maximum atomic E-state index is 12.1. The van der Waals surface area contributed by atoms with E-state index in [1.54, 1.807) is 6.07 Å². The minimum Gasteiger partial charge on any atom is -0.481 e. The molecule has 0 saturated carbocycles. The van der Waals surface area contributed by atoms with Crippen molar-refractivity contribution >= 4 is 29.1 Å². The van der Waals surface area contributed by atoms with E-state index in [0.717, 1.165) is 6.42 Å². The van der Waals surface area contributed by atoms with Crippen LogP contribution in [-0.2, 0) is 4.74 Å². The largest absolute Gasteiger partial charge is 0.481 e. The van der Waals surface area contributed by atoms with Crippen molar-refractivity contribution in [2.45, 2.75) is 13.3 Å². The van der Waals surface area contributed by atoms with E-state index in [4.69, 9.17) is 31.2 Å². The fourth-order valence-electron chi connectivity index (χ4n) is 1.98. The van der Waals surface area contributed by atoms with Gasteiger partial charge in [-0.25, -0.2) is 9.78 Å². The molecule has 2 heterocycles. The van der Waals surface area contributed by atoms with Crippen LogP contribution in [0.5, 0.6) is 23.5 Å². The molecule has 0 aromatic carbocycles. The fourth-order valence-corrected chi connectivity index (χ4v) is 2.18. The fraction of sp³-hybridized carbons (Fsp3) is 0.353. The first kappa shape index (κ1) is 21.1. The second-order valence-corrected chi connectivity index (χ2v) is 5.66. The van der Waals surface area contributed by atoms with E-state index in [0.29, 0.717) is 17.5 Å². The van der Waals surface area contributed by atoms with Crippen molar-refractivity contribution < 1.29 is 23.7 Å². The van der Waals surface area contributed by atoms with Crippen LogP contribution in [0.25, 0.3) is 0 Å². The van der Waals surface area contributed by atoms with E-state index in [-0.39, 0.29) is 29.2 Å². The van der Waals surface area contributed by atoms with Gasteiger partial charge in [0.2, 0.25) is 11.8 Å². The van der Waals surface area contributed by atoms with Gasteiger partial charge >= 0.3 is 12.0 Å². The molecule has 0 unspecified atom stereocenters. The molecule has 0 aliphatic carbocycles. The molecule has 11 heteroatoms. The van der Waals surface area contributed by atoms with Crippen LogP contribution in [0.1, 0.15) is 23.8 Å². The molecule has 0 atom stereocenters. The first-order chi connectivity index (χ1) is 13.5. The summed E-state index contributed by atoms with van der Waals surface area (Å²) in [7, 11) is 4.14. The minimum atomic E-state index is -0.694. The molecule has 0 radical (unpaired) electrons. The van der Waals surface area contributed by atoms with Gasteiger partial charge in [-0.3, -0.25) is 0 Å². The number of hydrogen-bond acceptors (Lipinski definition) is 9. The SMILES string of the molecule is CCCNC(=S)Nc1ccc(Oc2nc(OC)cc(OC)n2)c(C(=O)OC)n1. The number of aromatic nitrogens is 3.